The first-order valence-corrected chi connectivity index (χ1v) is 5.60. The van der Waals surface area contributed by atoms with E-state index in [0.717, 1.165) is 5.56 Å². The van der Waals surface area contributed by atoms with Crippen LogP contribution in [0.25, 0.3) is 0 Å². The second-order valence-corrected chi connectivity index (χ2v) is 4.19. The van der Waals surface area contributed by atoms with Gasteiger partial charge in [-0.1, -0.05) is 19.9 Å². The fourth-order valence-corrected chi connectivity index (χ4v) is 1.78. The van der Waals surface area contributed by atoms with Gasteiger partial charge in [0.25, 0.3) is 0 Å². The van der Waals surface area contributed by atoms with Crippen molar-refractivity contribution in [2.24, 2.45) is 0 Å². The SMILES string of the molecule is CNCC(=O)c1c(C(C)C)ccc(OC)c1O. The largest absolute Gasteiger partial charge is 0.504 e. The summed E-state index contributed by atoms with van der Waals surface area (Å²) in [6.07, 6.45) is 0. The molecule has 0 fully saturated rings. The van der Waals surface area contributed by atoms with E-state index in [9.17, 15) is 9.90 Å². The normalized spacial score (nSPS) is 10.6. The lowest BCUT2D eigenvalue weighted by Crippen LogP contribution is -2.20. The number of ether oxygens (including phenoxy) is 1. The van der Waals surface area contributed by atoms with Crippen LogP contribution < -0.4 is 10.1 Å². The highest BCUT2D eigenvalue weighted by Gasteiger charge is 2.20. The van der Waals surface area contributed by atoms with Crippen molar-refractivity contribution in [2.45, 2.75) is 19.8 Å². The van der Waals surface area contributed by atoms with Crippen LogP contribution in [0.5, 0.6) is 11.5 Å². The van der Waals surface area contributed by atoms with Crippen molar-refractivity contribution in [3.05, 3.63) is 23.3 Å². The predicted octanol–water partition coefficient (Wildman–Crippen LogP) is 1.93. The lowest BCUT2D eigenvalue weighted by atomic mass is 9.93. The smallest absolute Gasteiger partial charge is 0.180 e. The molecule has 0 radical (unpaired) electrons. The van der Waals surface area contributed by atoms with Crippen molar-refractivity contribution < 1.29 is 14.6 Å². The molecule has 1 rings (SSSR count). The second-order valence-electron chi connectivity index (χ2n) is 4.19. The number of carbonyl (C=O) groups excluding carboxylic acids is 1. The number of benzene rings is 1. The molecule has 0 atom stereocenters. The van der Waals surface area contributed by atoms with Gasteiger partial charge in [-0.2, -0.15) is 0 Å². The van der Waals surface area contributed by atoms with Gasteiger partial charge in [-0.15, -0.1) is 0 Å². The Hall–Kier alpha value is -1.55. The molecule has 0 saturated carbocycles. The molecule has 0 heterocycles. The topological polar surface area (TPSA) is 58.6 Å². The fraction of sp³-hybridized carbons (Fsp3) is 0.462. The Morgan fingerprint density at radius 3 is 2.59 bits per heavy atom. The van der Waals surface area contributed by atoms with Crippen LogP contribution in [-0.2, 0) is 0 Å². The highest BCUT2D eigenvalue weighted by molar-refractivity contribution is 6.02. The molecule has 0 bridgehead atoms. The molecule has 0 aliphatic rings. The van der Waals surface area contributed by atoms with Gasteiger partial charge in [0.15, 0.2) is 17.3 Å². The second kappa shape index (κ2) is 5.68. The first-order valence-electron chi connectivity index (χ1n) is 5.60. The Balaban J connectivity index is 3.34. The van der Waals surface area contributed by atoms with Crippen molar-refractivity contribution >= 4 is 5.78 Å². The van der Waals surface area contributed by atoms with E-state index in [1.54, 1.807) is 13.1 Å². The molecule has 4 heteroatoms. The minimum atomic E-state index is -0.132. The Kier molecular flexibility index (Phi) is 4.52. The van der Waals surface area contributed by atoms with Gasteiger partial charge in [-0.25, -0.2) is 0 Å². The third-order valence-electron chi connectivity index (χ3n) is 2.63. The summed E-state index contributed by atoms with van der Waals surface area (Å²) in [5.41, 5.74) is 1.19. The number of hydrogen-bond donors (Lipinski definition) is 2. The van der Waals surface area contributed by atoms with Gasteiger partial charge in [-0.3, -0.25) is 4.79 Å². The first kappa shape index (κ1) is 13.5. The van der Waals surface area contributed by atoms with E-state index >= 15 is 0 Å². The number of aromatic hydroxyl groups is 1. The first-order chi connectivity index (χ1) is 8.02. The number of phenolic OH excluding ortho intramolecular Hbond substituents is 1. The summed E-state index contributed by atoms with van der Waals surface area (Å²) in [4.78, 5) is 12.0. The zero-order chi connectivity index (χ0) is 13.0. The number of carbonyl (C=O) groups is 1. The highest BCUT2D eigenvalue weighted by Crippen LogP contribution is 2.35. The highest BCUT2D eigenvalue weighted by atomic mass is 16.5. The van der Waals surface area contributed by atoms with Crippen LogP contribution in [0.3, 0.4) is 0 Å². The molecule has 17 heavy (non-hydrogen) atoms. The van der Waals surface area contributed by atoms with Crippen LogP contribution >= 0.6 is 0 Å². The molecule has 0 amide bonds. The van der Waals surface area contributed by atoms with E-state index in [-0.39, 0.29) is 24.0 Å². The zero-order valence-electron chi connectivity index (χ0n) is 10.7. The molecule has 0 aliphatic carbocycles. The molecular weight excluding hydrogens is 218 g/mol. The maximum absolute atomic E-state index is 12.0. The summed E-state index contributed by atoms with van der Waals surface area (Å²) in [6, 6.07) is 3.51. The Labute approximate surface area is 102 Å². The van der Waals surface area contributed by atoms with Crippen molar-refractivity contribution in [2.75, 3.05) is 20.7 Å². The summed E-state index contributed by atoms with van der Waals surface area (Å²) in [7, 11) is 3.17. The summed E-state index contributed by atoms with van der Waals surface area (Å²) >= 11 is 0. The van der Waals surface area contributed by atoms with Crippen LogP contribution in [-0.4, -0.2) is 31.6 Å². The van der Waals surface area contributed by atoms with Crippen LogP contribution in [0.15, 0.2) is 12.1 Å². The summed E-state index contributed by atoms with van der Waals surface area (Å²) in [5.74, 6) is 0.294. The Morgan fingerprint density at radius 1 is 1.47 bits per heavy atom. The maximum atomic E-state index is 12.0. The number of nitrogens with one attached hydrogen (secondary N) is 1. The molecule has 1 aromatic rings. The van der Waals surface area contributed by atoms with E-state index < -0.39 is 0 Å². The maximum Gasteiger partial charge on any atom is 0.180 e. The minimum Gasteiger partial charge on any atom is -0.504 e. The summed E-state index contributed by atoms with van der Waals surface area (Å²) in [5, 5.41) is 12.8. The molecule has 1 aromatic carbocycles. The van der Waals surface area contributed by atoms with Crippen LogP contribution in [0.2, 0.25) is 0 Å². The molecule has 4 nitrogen and oxygen atoms in total. The molecular formula is C13H19NO3. The quantitative estimate of drug-likeness (QED) is 0.768. The number of hydrogen-bond acceptors (Lipinski definition) is 4. The van der Waals surface area contributed by atoms with E-state index in [1.807, 2.05) is 19.9 Å². The van der Waals surface area contributed by atoms with Crippen LogP contribution in [0.4, 0.5) is 0 Å². The van der Waals surface area contributed by atoms with Gasteiger partial charge in [0, 0.05) is 0 Å². The van der Waals surface area contributed by atoms with Gasteiger partial charge >= 0.3 is 0 Å². The zero-order valence-corrected chi connectivity index (χ0v) is 10.7. The van der Waals surface area contributed by atoms with Crippen molar-refractivity contribution in [3.8, 4) is 11.5 Å². The van der Waals surface area contributed by atoms with Crippen LogP contribution in [0, 0.1) is 0 Å². The monoisotopic (exact) mass is 237 g/mol. The van der Waals surface area contributed by atoms with E-state index in [2.05, 4.69) is 5.32 Å². The van der Waals surface area contributed by atoms with Crippen molar-refractivity contribution in [1.29, 1.82) is 0 Å². The molecule has 0 aromatic heterocycles. The third kappa shape index (κ3) is 2.77. The summed E-state index contributed by atoms with van der Waals surface area (Å²) < 4.78 is 5.03. The number of Topliss-reactive ketones (excluding diaryl/α,β-unsaturated/α-hetero) is 1. The number of phenols is 1. The molecule has 0 aliphatic heterocycles. The van der Waals surface area contributed by atoms with Gasteiger partial charge < -0.3 is 15.2 Å². The van der Waals surface area contributed by atoms with Gasteiger partial charge in [0.05, 0.1) is 19.2 Å². The Morgan fingerprint density at radius 2 is 2.12 bits per heavy atom. The number of rotatable bonds is 5. The number of ketones is 1. The lowest BCUT2D eigenvalue weighted by molar-refractivity contribution is 0.0989. The van der Waals surface area contributed by atoms with E-state index in [4.69, 9.17) is 4.74 Å². The number of methoxy groups -OCH3 is 1. The van der Waals surface area contributed by atoms with Gasteiger partial charge in [0.2, 0.25) is 0 Å². The molecule has 94 valence electrons. The molecule has 0 unspecified atom stereocenters. The Bertz CT molecular complexity index is 413. The van der Waals surface area contributed by atoms with Crippen LogP contribution in [0.1, 0.15) is 35.7 Å². The summed E-state index contributed by atoms with van der Waals surface area (Å²) in [6.45, 7) is 4.16. The van der Waals surface area contributed by atoms with Gasteiger partial charge in [-0.05, 0) is 24.6 Å². The van der Waals surface area contributed by atoms with E-state index in [1.165, 1.54) is 7.11 Å². The lowest BCUT2D eigenvalue weighted by Gasteiger charge is -2.15. The fourth-order valence-electron chi connectivity index (χ4n) is 1.78. The third-order valence-corrected chi connectivity index (χ3v) is 2.63. The predicted molar refractivity (Wildman–Crippen MR) is 67.0 cm³/mol. The minimum absolute atomic E-state index is 0.0704. The molecule has 0 saturated heterocycles. The standard InChI is InChI=1S/C13H19NO3/c1-8(2)9-5-6-11(17-4)13(16)12(9)10(15)7-14-3/h5-6,8,14,16H,7H2,1-4H3. The average molecular weight is 237 g/mol. The van der Waals surface area contributed by atoms with Crippen molar-refractivity contribution in [1.82, 2.24) is 5.32 Å². The van der Waals surface area contributed by atoms with Gasteiger partial charge in [0.1, 0.15) is 0 Å². The van der Waals surface area contributed by atoms with E-state index in [0.29, 0.717) is 11.3 Å². The molecule has 0 spiro atoms. The molecule has 2 N–H and O–H groups in total. The van der Waals surface area contributed by atoms with Crippen molar-refractivity contribution in [3.63, 3.8) is 0 Å². The number of likely N-dealkylation sites (N-methyl/N-ethyl adjacent to an activating group) is 1. The average Bonchev–Trinajstić information content (AvgIpc) is 2.28.